The van der Waals surface area contributed by atoms with Gasteiger partial charge < -0.3 is 4.74 Å². The monoisotopic (exact) mass is 344 g/mol. The first-order chi connectivity index (χ1) is 12.7. The Morgan fingerprint density at radius 2 is 1.62 bits per heavy atom. The fourth-order valence-electron chi connectivity index (χ4n) is 3.02. The fourth-order valence-corrected chi connectivity index (χ4v) is 3.02. The second-order valence-corrected chi connectivity index (χ2v) is 6.94. The lowest BCUT2D eigenvalue weighted by molar-refractivity contribution is 0.112. The van der Waals surface area contributed by atoms with Crippen molar-refractivity contribution in [2.75, 3.05) is 0 Å². The molecule has 3 aromatic carbocycles. The van der Waals surface area contributed by atoms with Crippen molar-refractivity contribution in [3.63, 3.8) is 0 Å². The third kappa shape index (κ3) is 4.60. The van der Waals surface area contributed by atoms with Crippen LogP contribution < -0.4 is 4.74 Å². The zero-order chi connectivity index (χ0) is 18.4. The SMILES string of the molecule is CC(C)Cc1ccc(-c2ccc(OCc3ccccc3)cc2C=O)cc1. The van der Waals surface area contributed by atoms with Gasteiger partial charge in [0.05, 0.1) is 0 Å². The molecule has 0 aliphatic rings. The first-order valence-corrected chi connectivity index (χ1v) is 9.01. The molecule has 0 spiro atoms. The van der Waals surface area contributed by atoms with Crippen LogP contribution in [0, 0.1) is 5.92 Å². The molecule has 0 unspecified atom stereocenters. The van der Waals surface area contributed by atoms with Crippen LogP contribution in [0.4, 0.5) is 0 Å². The zero-order valence-electron chi connectivity index (χ0n) is 15.3. The Hall–Kier alpha value is -2.87. The van der Waals surface area contributed by atoms with Gasteiger partial charge in [-0.3, -0.25) is 4.79 Å². The van der Waals surface area contributed by atoms with Gasteiger partial charge in [-0.25, -0.2) is 0 Å². The van der Waals surface area contributed by atoms with Crippen LogP contribution >= 0.6 is 0 Å². The summed E-state index contributed by atoms with van der Waals surface area (Å²) < 4.78 is 5.83. The molecule has 26 heavy (non-hydrogen) atoms. The fraction of sp³-hybridized carbons (Fsp3) is 0.208. The minimum Gasteiger partial charge on any atom is -0.489 e. The molecule has 0 saturated carbocycles. The molecule has 0 bridgehead atoms. The van der Waals surface area contributed by atoms with E-state index in [9.17, 15) is 4.79 Å². The lowest BCUT2D eigenvalue weighted by Gasteiger charge is -2.11. The van der Waals surface area contributed by atoms with Crippen molar-refractivity contribution in [1.29, 1.82) is 0 Å². The van der Waals surface area contributed by atoms with E-state index in [1.54, 1.807) is 0 Å². The van der Waals surface area contributed by atoms with Gasteiger partial charge in [0, 0.05) is 5.56 Å². The largest absolute Gasteiger partial charge is 0.489 e. The molecule has 0 fully saturated rings. The molecular formula is C24H24O2. The van der Waals surface area contributed by atoms with E-state index in [1.807, 2.05) is 48.5 Å². The molecule has 0 aromatic heterocycles. The van der Waals surface area contributed by atoms with E-state index in [2.05, 4.69) is 38.1 Å². The first-order valence-electron chi connectivity index (χ1n) is 9.01. The van der Waals surface area contributed by atoms with Crippen molar-refractivity contribution < 1.29 is 9.53 Å². The van der Waals surface area contributed by atoms with Gasteiger partial charge in [0.2, 0.25) is 0 Å². The maximum absolute atomic E-state index is 11.6. The summed E-state index contributed by atoms with van der Waals surface area (Å²) in [6.45, 7) is 4.92. The van der Waals surface area contributed by atoms with Crippen molar-refractivity contribution >= 4 is 6.29 Å². The van der Waals surface area contributed by atoms with Gasteiger partial charge in [0.25, 0.3) is 0 Å². The van der Waals surface area contributed by atoms with E-state index < -0.39 is 0 Å². The Balaban J connectivity index is 1.77. The summed E-state index contributed by atoms with van der Waals surface area (Å²) in [6.07, 6.45) is 1.96. The summed E-state index contributed by atoms with van der Waals surface area (Å²) >= 11 is 0. The Morgan fingerprint density at radius 1 is 0.885 bits per heavy atom. The molecule has 0 amide bonds. The molecular weight excluding hydrogens is 320 g/mol. The standard InChI is InChI=1S/C24H24O2/c1-18(2)14-19-8-10-21(11-9-19)24-13-12-23(15-22(24)16-25)26-17-20-6-4-3-5-7-20/h3-13,15-16,18H,14,17H2,1-2H3. The van der Waals surface area contributed by atoms with Crippen LogP contribution in [-0.4, -0.2) is 6.29 Å². The molecule has 0 radical (unpaired) electrons. The molecule has 3 rings (SSSR count). The first kappa shape index (κ1) is 17.9. The Labute approximate surface area is 155 Å². The van der Waals surface area contributed by atoms with E-state index in [4.69, 9.17) is 4.74 Å². The average Bonchev–Trinajstić information content (AvgIpc) is 2.67. The minimum atomic E-state index is 0.488. The molecule has 2 heteroatoms. The summed E-state index contributed by atoms with van der Waals surface area (Å²) in [5.41, 5.74) is 5.05. The van der Waals surface area contributed by atoms with Gasteiger partial charge in [0.15, 0.2) is 6.29 Å². The topological polar surface area (TPSA) is 26.3 Å². The van der Waals surface area contributed by atoms with Crippen LogP contribution in [-0.2, 0) is 13.0 Å². The minimum absolute atomic E-state index is 0.488. The number of ether oxygens (including phenoxy) is 1. The van der Waals surface area contributed by atoms with Gasteiger partial charge >= 0.3 is 0 Å². The van der Waals surface area contributed by atoms with E-state index in [-0.39, 0.29) is 0 Å². The van der Waals surface area contributed by atoms with Crippen LogP contribution in [0.3, 0.4) is 0 Å². The van der Waals surface area contributed by atoms with Gasteiger partial charge in [-0.15, -0.1) is 0 Å². The van der Waals surface area contributed by atoms with E-state index in [0.717, 1.165) is 29.4 Å². The summed E-state index contributed by atoms with van der Waals surface area (Å²) in [6, 6.07) is 24.2. The van der Waals surface area contributed by atoms with E-state index in [1.165, 1.54) is 5.56 Å². The van der Waals surface area contributed by atoms with Crippen LogP contribution in [0.5, 0.6) is 5.75 Å². The normalized spacial score (nSPS) is 10.7. The van der Waals surface area contributed by atoms with Crippen molar-refractivity contribution in [3.05, 3.63) is 89.5 Å². The molecule has 0 heterocycles. The van der Waals surface area contributed by atoms with E-state index >= 15 is 0 Å². The number of aldehydes is 1. The third-order valence-electron chi connectivity index (χ3n) is 4.31. The van der Waals surface area contributed by atoms with Crippen LogP contribution in [0.25, 0.3) is 11.1 Å². The van der Waals surface area contributed by atoms with Crippen LogP contribution in [0.1, 0.15) is 35.3 Å². The highest BCUT2D eigenvalue weighted by molar-refractivity contribution is 5.88. The number of hydrogen-bond donors (Lipinski definition) is 0. The Bertz CT molecular complexity index is 849. The predicted octanol–water partition coefficient (Wildman–Crippen LogP) is 5.94. The highest BCUT2D eigenvalue weighted by Gasteiger charge is 2.08. The molecule has 0 atom stereocenters. The smallest absolute Gasteiger partial charge is 0.150 e. The number of rotatable bonds is 7. The number of carbonyl (C=O) groups excluding carboxylic acids is 1. The lowest BCUT2D eigenvalue weighted by atomic mass is 9.96. The summed E-state index contributed by atoms with van der Waals surface area (Å²) in [7, 11) is 0. The van der Waals surface area contributed by atoms with Crippen molar-refractivity contribution in [3.8, 4) is 16.9 Å². The molecule has 3 aromatic rings. The molecule has 132 valence electrons. The molecule has 0 aliphatic heterocycles. The maximum Gasteiger partial charge on any atom is 0.150 e. The highest BCUT2D eigenvalue weighted by atomic mass is 16.5. The summed E-state index contributed by atoms with van der Waals surface area (Å²) in [4.78, 5) is 11.6. The molecule has 0 aliphatic carbocycles. The second kappa shape index (κ2) is 8.48. The van der Waals surface area contributed by atoms with Crippen LogP contribution in [0.2, 0.25) is 0 Å². The van der Waals surface area contributed by atoms with Gasteiger partial charge in [0.1, 0.15) is 12.4 Å². The highest BCUT2D eigenvalue weighted by Crippen LogP contribution is 2.27. The maximum atomic E-state index is 11.6. The van der Waals surface area contributed by atoms with Gasteiger partial charge in [-0.2, -0.15) is 0 Å². The second-order valence-electron chi connectivity index (χ2n) is 6.94. The van der Waals surface area contributed by atoms with E-state index in [0.29, 0.717) is 23.8 Å². The Morgan fingerprint density at radius 3 is 2.27 bits per heavy atom. The van der Waals surface area contributed by atoms with Gasteiger partial charge in [-0.05, 0) is 52.8 Å². The van der Waals surface area contributed by atoms with Crippen LogP contribution in [0.15, 0.2) is 72.8 Å². The number of hydrogen-bond acceptors (Lipinski definition) is 2. The summed E-state index contributed by atoms with van der Waals surface area (Å²) in [5.74, 6) is 1.34. The molecule has 0 saturated heterocycles. The zero-order valence-corrected chi connectivity index (χ0v) is 15.3. The predicted molar refractivity (Wildman–Crippen MR) is 107 cm³/mol. The average molecular weight is 344 g/mol. The molecule has 0 N–H and O–H groups in total. The molecule has 2 nitrogen and oxygen atoms in total. The van der Waals surface area contributed by atoms with Crippen molar-refractivity contribution in [2.24, 2.45) is 5.92 Å². The Kier molecular flexibility index (Phi) is 5.85. The quantitative estimate of drug-likeness (QED) is 0.496. The lowest BCUT2D eigenvalue weighted by Crippen LogP contribution is -1.97. The number of benzene rings is 3. The third-order valence-corrected chi connectivity index (χ3v) is 4.31. The van der Waals surface area contributed by atoms with Crippen molar-refractivity contribution in [2.45, 2.75) is 26.9 Å². The van der Waals surface area contributed by atoms with Crippen molar-refractivity contribution in [1.82, 2.24) is 0 Å². The number of carbonyl (C=O) groups is 1. The summed E-state index contributed by atoms with van der Waals surface area (Å²) in [5, 5.41) is 0. The van der Waals surface area contributed by atoms with Gasteiger partial charge in [-0.1, -0.05) is 68.4 Å².